The first-order chi connectivity index (χ1) is 34.1. The van der Waals surface area contributed by atoms with E-state index in [1.54, 1.807) is 51.2 Å². The first kappa shape index (κ1) is 61.5. The highest BCUT2D eigenvalue weighted by Crippen LogP contribution is 2.27. The number of carboxylic acids is 1. The van der Waals surface area contributed by atoms with E-state index in [4.69, 9.17) is 22.9 Å². The van der Waals surface area contributed by atoms with Crippen molar-refractivity contribution in [3.63, 3.8) is 0 Å². The maximum Gasteiger partial charge on any atom is 0.305 e. The number of fused-ring (bicyclic) bond motifs is 3. The molecule has 0 saturated carbocycles. The molecule has 0 spiro atoms. The van der Waals surface area contributed by atoms with Crippen molar-refractivity contribution in [3.05, 3.63) is 34.9 Å². The fourth-order valence-corrected chi connectivity index (χ4v) is 10.5. The van der Waals surface area contributed by atoms with Crippen LogP contribution in [0.15, 0.2) is 23.2 Å². The summed E-state index contributed by atoms with van der Waals surface area (Å²) < 4.78 is 0. The third kappa shape index (κ3) is 20.2. The van der Waals surface area contributed by atoms with Crippen LogP contribution in [0.5, 0.6) is 0 Å². The summed E-state index contributed by atoms with van der Waals surface area (Å²) in [4.78, 5) is 140. The zero-order chi connectivity index (χ0) is 54.8. The Hall–Kier alpha value is -5.76. The van der Waals surface area contributed by atoms with Crippen LogP contribution in [0.3, 0.4) is 0 Å². The van der Waals surface area contributed by atoms with E-state index in [0.717, 1.165) is 28.2 Å². The number of nitrogens with zero attached hydrogens (tertiary/aromatic N) is 2. The van der Waals surface area contributed by atoms with Crippen LogP contribution in [-0.2, 0) is 65.2 Å². The molecule has 0 unspecified atom stereocenters. The van der Waals surface area contributed by atoms with Crippen LogP contribution in [0.25, 0.3) is 0 Å². The van der Waals surface area contributed by atoms with Gasteiger partial charge >= 0.3 is 5.97 Å². The van der Waals surface area contributed by atoms with E-state index in [1.165, 1.54) is 30.5 Å². The van der Waals surface area contributed by atoms with Crippen molar-refractivity contribution in [1.29, 1.82) is 0 Å². The molecule has 9 amide bonds. The minimum atomic E-state index is -1.91. The summed E-state index contributed by atoms with van der Waals surface area (Å²) in [5.74, 6) is -6.91. The number of carbonyl (C=O) groups excluding carboxylic acids is 9. The van der Waals surface area contributed by atoms with E-state index < -0.39 is 119 Å². The van der Waals surface area contributed by atoms with Crippen molar-refractivity contribution < 1.29 is 53.1 Å². The first-order valence-corrected chi connectivity index (χ1v) is 27.4. The van der Waals surface area contributed by atoms with E-state index in [-0.39, 0.29) is 37.0 Å². The molecule has 1 saturated heterocycles. The van der Waals surface area contributed by atoms with Gasteiger partial charge in [0.2, 0.25) is 53.2 Å². The number of aliphatic imine (C=N–C) groups is 1. The monoisotopic (exact) mass is 1080 g/mol. The average molecular weight is 1080 g/mol. The number of rotatable bonds is 12. The first-order valence-electron chi connectivity index (χ1n) is 24.0. The topological polar surface area (TPSA) is 383 Å². The average Bonchev–Trinajstić information content (AvgIpc) is 3.79. The Morgan fingerprint density at radius 2 is 1.41 bits per heavy atom. The number of hydrogen-bond acceptors (Lipinski definition) is 14. The number of carboxylic acid groups (broad SMARTS) is 1. The fraction of sp³-hybridized carbons (Fsp3) is 0.638. The highest BCUT2D eigenvalue weighted by atomic mass is 32.2. The Kier molecular flexibility index (Phi) is 24.1. The number of nitrogens with one attached hydrogen (secondary N) is 6. The van der Waals surface area contributed by atoms with Gasteiger partial charge in [-0.15, -0.1) is 0 Å². The number of amides is 9. The van der Waals surface area contributed by atoms with Gasteiger partial charge in [0.1, 0.15) is 41.8 Å². The summed E-state index contributed by atoms with van der Waals surface area (Å²) in [5, 5.41) is 24.9. The number of hydrogen-bond donors (Lipinski definition) is 11. The predicted octanol–water partition coefficient (Wildman–Crippen LogP) is -0.699. The minimum absolute atomic E-state index is 0.00858. The van der Waals surface area contributed by atoms with Crippen LogP contribution >= 0.6 is 35.3 Å². The third-order valence-electron chi connectivity index (χ3n) is 11.7. The lowest BCUT2D eigenvalue weighted by atomic mass is 9.85. The van der Waals surface area contributed by atoms with Gasteiger partial charge in [-0.1, -0.05) is 52.8 Å². The molecule has 0 aliphatic carbocycles. The van der Waals surface area contributed by atoms with E-state index in [1.807, 2.05) is 12.1 Å². The van der Waals surface area contributed by atoms with Crippen LogP contribution in [0, 0.1) is 11.3 Å². The molecule has 15 N–H and O–H groups in total. The number of aliphatic carboxylic acids is 1. The smallest absolute Gasteiger partial charge is 0.305 e. The maximum absolute atomic E-state index is 14.2. The SMILES string of the molecule is CCSCc1cc2cc(c1)CSC[C@@H](C(N)=O)NC(=O)[C@@H](CC(=O)O)NC(=O)C(C)(C)NC(=O)[C@H](CCCN=C(N)N)NC(=O)[C@H](CC(N)=O)NC(=O)[C@H](C(C)(C)C)NC(=O)[C@@H]1CCCN1C(=O)[C@H](C)CSC2. The highest BCUT2D eigenvalue weighted by molar-refractivity contribution is 7.99. The van der Waals surface area contributed by atoms with E-state index in [9.17, 15) is 53.1 Å². The van der Waals surface area contributed by atoms with Crippen LogP contribution in [0.1, 0.15) is 104 Å². The van der Waals surface area contributed by atoms with Crippen molar-refractivity contribution in [2.24, 2.45) is 39.3 Å². The predicted molar refractivity (Wildman–Crippen MR) is 281 cm³/mol. The molecule has 3 rings (SSSR count). The quantitative estimate of drug-likeness (QED) is 0.0700. The highest BCUT2D eigenvalue weighted by Gasteiger charge is 2.42. The summed E-state index contributed by atoms with van der Waals surface area (Å²) in [7, 11) is 0. The third-order valence-corrected chi connectivity index (χ3v) is 15.1. The van der Waals surface area contributed by atoms with Crippen molar-refractivity contribution >= 4 is 100 Å². The van der Waals surface area contributed by atoms with Crippen LogP contribution in [0.4, 0.5) is 0 Å². The Morgan fingerprint density at radius 1 is 0.808 bits per heavy atom. The van der Waals surface area contributed by atoms with Gasteiger partial charge in [-0.3, -0.25) is 52.9 Å². The van der Waals surface area contributed by atoms with Crippen molar-refractivity contribution in [1.82, 2.24) is 36.8 Å². The molecule has 2 heterocycles. The number of thioether (sulfide) groups is 3. The lowest BCUT2D eigenvalue weighted by Gasteiger charge is -2.34. The molecule has 2 aliphatic rings. The molecule has 7 atom stereocenters. The van der Waals surface area contributed by atoms with Crippen LogP contribution < -0.4 is 54.8 Å². The van der Waals surface area contributed by atoms with Gasteiger partial charge in [0.05, 0.1) is 12.8 Å². The largest absolute Gasteiger partial charge is 0.481 e. The van der Waals surface area contributed by atoms with Crippen LogP contribution in [0.2, 0.25) is 0 Å². The molecule has 1 fully saturated rings. The molecule has 0 aromatic heterocycles. The van der Waals surface area contributed by atoms with Crippen molar-refractivity contribution in [3.8, 4) is 0 Å². The second kappa shape index (κ2) is 28.6. The molecular weight excluding hydrogens is 1000 g/mol. The number of nitrogens with two attached hydrogens (primary N) is 4. The van der Waals surface area contributed by atoms with Gasteiger partial charge in [0.25, 0.3) is 0 Å². The molecule has 2 bridgehead atoms. The van der Waals surface area contributed by atoms with E-state index >= 15 is 0 Å². The Bertz CT molecular complexity index is 2220. The number of primary amides is 2. The van der Waals surface area contributed by atoms with E-state index in [2.05, 4.69) is 49.9 Å². The molecule has 0 radical (unpaired) electrons. The summed E-state index contributed by atoms with van der Waals surface area (Å²) in [6, 6.07) is -2.27. The molecule has 73 heavy (non-hydrogen) atoms. The Morgan fingerprint density at radius 3 is 1.99 bits per heavy atom. The van der Waals surface area contributed by atoms with Crippen LogP contribution in [-0.4, -0.2) is 147 Å². The van der Waals surface area contributed by atoms with Gasteiger partial charge in [-0.25, -0.2) is 0 Å². The summed E-state index contributed by atoms with van der Waals surface area (Å²) in [5.41, 5.74) is 22.3. The molecule has 26 heteroatoms. The van der Waals surface area contributed by atoms with Gasteiger partial charge in [0.15, 0.2) is 5.96 Å². The zero-order valence-corrected chi connectivity index (χ0v) is 45.1. The van der Waals surface area contributed by atoms with Gasteiger partial charge in [-0.2, -0.15) is 35.3 Å². The van der Waals surface area contributed by atoms with Crippen molar-refractivity contribution in [2.45, 2.75) is 146 Å². The Balaban J connectivity index is 2.09. The summed E-state index contributed by atoms with van der Waals surface area (Å²) >= 11 is 4.58. The second-order valence-corrected chi connectivity index (χ2v) is 23.0. The number of guanidine groups is 1. The molecular formula is C47H74N12O11S3. The van der Waals surface area contributed by atoms with Gasteiger partial charge in [0, 0.05) is 47.8 Å². The molecule has 23 nitrogen and oxygen atoms in total. The standard InChI is InChI=1S/C47H74N12O11S3/c1-8-71-21-26-15-27-17-28(16-26)23-73-24-32(37(49)63)55-39(65)31(19-35(61)62)56-44(70)47(6,7)58-40(66)29(11-9-13-52-45(50)51)53-38(64)30(18-34(48)60)54-42(68)36(46(3,4)5)57-41(67)33-12-10-14-59(33)43(69)25(2)20-72-22-27/h15-17,25,29-33,36H,8-14,18-24H2,1-7H3,(H2,48,60)(H2,49,63)(H,53,64)(H,54,68)(H,55,65)(H,56,70)(H,57,67)(H,58,66)(H,61,62)(H4,50,51,52)/t25-,29+,30+,31-,32+,33+,36-/m1/s1. The lowest BCUT2D eigenvalue weighted by molar-refractivity contribution is -0.142. The minimum Gasteiger partial charge on any atom is -0.481 e. The van der Waals surface area contributed by atoms with E-state index in [0.29, 0.717) is 36.6 Å². The molecule has 2 aliphatic heterocycles. The molecule has 1 aromatic rings. The Labute approximate surface area is 438 Å². The number of benzene rings is 1. The zero-order valence-electron chi connectivity index (χ0n) is 42.6. The normalized spacial score (nSPS) is 24.7. The summed E-state index contributed by atoms with van der Waals surface area (Å²) in [6.07, 6.45) is -0.873. The van der Waals surface area contributed by atoms with Gasteiger partial charge < -0.3 is 64.8 Å². The number of carbonyl (C=O) groups is 10. The van der Waals surface area contributed by atoms with Gasteiger partial charge in [-0.05, 0) is 67.4 Å². The van der Waals surface area contributed by atoms with Crippen molar-refractivity contribution in [2.75, 3.05) is 30.3 Å². The molecule has 406 valence electrons. The maximum atomic E-state index is 14.2. The summed E-state index contributed by atoms with van der Waals surface area (Å²) in [6.45, 7) is 11.7. The lowest BCUT2D eigenvalue weighted by Crippen LogP contribution is -2.64. The molecule has 1 aromatic carbocycles. The fourth-order valence-electron chi connectivity index (χ4n) is 7.88. The second-order valence-electron chi connectivity index (χ2n) is 19.7.